The Kier molecular flexibility index (Phi) is 10.9. The maximum Gasteiger partial charge on any atom is 0.161 e. The van der Waals surface area contributed by atoms with Gasteiger partial charge in [0.05, 0.1) is 6.61 Å². The van der Waals surface area contributed by atoms with Gasteiger partial charge in [0.1, 0.15) is 12.4 Å². The van der Waals surface area contributed by atoms with Crippen LogP contribution < -0.4 is 9.47 Å². The van der Waals surface area contributed by atoms with Crippen LogP contribution in [0.15, 0.2) is 54.6 Å². The molecule has 0 aliphatic rings. The van der Waals surface area contributed by atoms with E-state index in [2.05, 4.69) is 12.1 Å². The summed E-state index contributed by atoms with van der Waals surface area (Å²) in [6.07, 6.45) is 10.3. The summed E-state index contributed by atoms with van der Waals surface area (Å²) in [7, 11) is 0. The minimum absolute atomic E-state index is 0.312. The molecule has 2 aromatic carbocycles. The second-order valence-electron chi connectivity index (χ2n) is 7.35. The summed E-state index contributed by atoms with van der Waals surface area (Å²) in [5, 5.41) is 0. The second kappa shape index (κ2) is 13.8. The van der Waals surface area contributed by atoms with Gasteiger partial charge in [-0.05, 0) is 37.5 Å². The zero-order valence-electron chi connectivity index (χ0n) is 17.2. The highest BCUT2D eigenvalue weighted by Gasteiger charge is 2.04. The van der Waals surface area contributed by atoms with E-state index in [1.807, 2.05) is 42.5 Å². The van der Waals surface area contributed by atoms with Crippen LogP contribution in [0.25, 0.3) is 0 Å². The minimum atomic E-state index is 0.312. The van der Waals surface area contributed by atoms with Gasteiger partial charge >= 0.3 is 0 Å². The number of benzene rings is 2. The van der Waals surface area contributed by atoms with Crippen LogP contribution in [0.5, 0.6) is 11.5 Å². The van der Waals surface area contributed by atoms with Crippen LogP contribution in [-0.2, 0) is 11.4 Å². The maximum absolute atomic E-state index is 10.9. The van der Waals surface area contributed by atoms with Gasteiger partial charge in [-0.1, -0.05) is 81.0 Å². The molecule has 0 spiro atoms. The van der Waals surface area contributed by atoms with Crippen molar-refractivity contribution in [3.8, 4) is 11.5 Å². The number of Topliss-reactive ketones (excluding diaryl/α,β-unsaturated/α-hetero) is 1. The number of hydrogen-bond donors (Lipinski definition) is 0. The monoisotopic (exact) mass is 382 g/mol. The van der Waals surface area contributed by atoms with E-state index >= 15 is 0 Å². The first-order valence-corrected chi connectivity index (χ1v) is 10.6. The molecule has 0 saturated heterocycles. The van der Waals surface area contributed by atoms with Gasteiger partial charge < -0.3 is 14.3 Å². The highest BCUT2D eigenvalue weighted by atomic mass is 16.5. The molecule has 0 aliphatic carbocycles. The van der Waals surface area contributed by atoms with Gasteiger partial charge in [0.15, 0.2) is 11.5 Å². The summed E-state index contributed by atoms with van der Waals surface area (Å²) < 4.78 is 11.9. The molecule has 0 aliphatic heterocycles. The predicted octanol–water partition coefficient (Wildman–Crippen LogP) is 6.74. The van der Waals surface area contributed by atoms with Gasteiger partial charge in [-0.3, -0.25) is 0 Å². The van der Waals surface area contributed by atoms with Crippen molar-refractivity contribution in [1.29, 1.82) is 0 Å². The summed E-state index contributed by atoms with van der Waals surface area (Å²) >= 11 is 0. The van der Waals surface area contributed by atoms with Crippen LogP contribution in [-0.4, -0.2) is 12.4 Å². The third kappa shape index (κ3) is 9.59. The van der Waals surface area contributed by atoms with Crippen molar-refractivity contribution in [3.05, 3.63) is 60.2 Å². The Morgan fingerprint density at radius 1 is 0.679 bits per heavy atom. The first-order chi connectivity index (χ1) is 13.8. The van der Waals surface area contributed by atoms with Gasteiger partial charge in [-0.2, -0.15) is 0 Å². The average Bonchev–Trinajstić information content (AvgIpc) is 2.71. The van der Waals surface area contributed by atoms with E-state index in [1.54, 1.807) is 6.92 Å². The summed E-state index contributed by atoms with van der Waals surface area (Å²) in [6.45, 7) is 2.95. The molecule has 2 rings (SSSR count). The minimum Gasteiger partial charge on any atom is -0.490 e. The Balaban J connectivity index is 1.55. The average molecular weight is 383 g/mol. The number of hydrogen-bond acceptors (Lipinski definition) is 3. The molecule has 3 nitrogen and oxygen atoms in total. The van der Waals surface area contributed by atoms with Gasteiger partial charge in [0, 0.05) is 6.42 Å². The summed E-state index contributed by atoms with van der Waals surface area (Å²) in [6, 6.07) is 18.1. The second-order valence-corrected chi connectivity index (χ2v) is 7.35. The smallest absolute Gasteiger partial charge is 0.161 e. The third-order valence-electron chi connectivity index (χ3n) is 4.77. The van der Waals surface area contributed by atoms with E-state index in [0.29, 0.717) is 12.4 Å². The van der Waals surface area contributed by atoms with Crippen molar-refractivity contribution in [2.45, 2.75) is 71.3 Å². The lowest BCUT2D eigenvalue weighted by Crippen LogP contribution is -2.01. The van der Waals surface area contributed by atoms with Gasteiger partial charge in [0.2, 0.25) is 0 Å². The molecule has 0 radical (unpaired) electrons. The fourth-order valence-corrected chi connectivity index (χ4v) is 3.14. The molecule has 0 atom stereocenters. The van der Waals surface area contributed by atoms with Gasteiger partial charge in [0.25, 0.3) is 0 Å². The standard InChI is InChI=1S/C25H34O3/c1-22(26)15-9-6-4-2-3-5-7-14-20-27-24-18-12-13-19-25(24)28-21-23-16-10-8-11-17-23/h8,10-13,16-19H,2-7,9,14-15,20-21H2,1H3. The van der Waals surface area contributed by atoms with Gasteiger partial charge in [-0.25, -0.2) is 0 Å². The van der Waals surface area contributed by atoms with Crippen LogP contribution in [0.1, 0.15) is 70.3 Å². The SMILES string of the molecule is CC(=O)CCCCCCCCCCOc1ccccc1OCc1ccccc1. The Bertz CT molecular complexity index is 667. The molecule has 0 aromatic heterocycles. The number of carbonyl (C=O) groups excluding carboxylic acids is 1. The predicted molar refractivity (Wildman–Crippen MR) is 115 cm³/mol. The first-order valence-electron chi connectivity index (χ1n) is 10.6. The number of ketones is 1. The molecule has 2 aromatic rings. The number of ether oxygens (including phenoxy) is 2. The fourth-order valence-electron chi connectivity index (χ4n) is 3.14. The molecule has 0 amide bonds. The molecule has 0 fully saturated rings. The Labute approximate surface area is 170 Å². The van der Waals surface area contributed by atoms with E-state index < -0.39 is 0 Å². The maximum atomic E-state index is 10.9. The number of para-hydroxylation sites is 2. The zero-order chi connectivity index (χ0) is 19.9. The molecule has 0 heterocycles. The zero-order valence-corrected chi connectivity index (χ0v) is 17.2. The van der Waals surface area contributed by atoms with Gasteiger partial charge in [-0.15, -0.1) is 0 Å². The topological polar surface area (TPSA) is 35.5 Å². The van der Waals surface area contributed by atoms with Crippen LogP contribution in [0.3, 0.4) is 0 Å². The van der Waals surface area contributed by atoms with Crippen molar-refractivity contribution >= 4 is 5.78 Å². The molecule has 0 saturated carbocycles. The van der Waals surface area contributed by atoms with Crippen LogP contribution >= 0.6 is 0 Å². The number of carbonyl (C=O) groups is 1. The fraction of sp³-hybridized carbons (Fsp3) is 0.480. The van der Waals surface area contributed by atoms with E-state index in [4.69, 9.17) is 9.47 Å². The van der Waals surface area contributed by atoms with E-state index in [-0.39, 0.29) is 0 Å². The van der Waals surface area contributed by atoms with Crippen molar-refractivity contribution in [3.63, 3.8) is 0 Å². The van der Waals surface area contributed by atoms with E-state index in [1.165, 1.54) is 38.5 Å². The number of rotatable bonds is 15. The lowest BCUT2D eigenvalue weighted by Gasteiger charge is -2.12. The van der Waals surface area contributed by atoms with Crippen LogP contribution in [0.2, 0.25) is 0 Å². The van der Waals surface area contributed by atoms with E-state index in [0.717, 1.165) is 42.9 Å². The Morgan fingerprint density at radius 3 is 1.86 bits per heavy atom. The molecule has 3 heteroatoms. The molecule has 28 heavy (non-hydrogen) atoms. The molecular formula is C25H34O3. The van der Waals surface area contributed by atoms with Crippen molar-refractivity contribution in [1.82, 2.24) is 0 Å². The molecule has 0 bridgehead atoms. The van der Waals surface area contributed by atoms with Crippen molar-refractivity contribution in [2.75, 3.05) is 6.61 Å². The largest absolute Gasteiger partial charge is 0.490 e. The van der Waals surface area contributed by atoms with Crippen LogP contribution in [0.4, 0.5) is 0 Å². The molecule has 0 unspecified atom stereocenters. The number of unbranched alkanes of at least 4 members (excludes halogenated alkanes) is 7. The first kappa shape index (κ1) is 22.0. The highest BCUT2D eigenvalue weighted by Crippen LogP contribution is 2.27. The highest BCUT2D eigenvalue weighted by molar-refractivity contribution is 5.75. The van der Waals surface area contributed by atoms with E-state index in [9.17, 15) is 4.79 Å². The summed E-state index contributed by atoms with van der Waals surface area (Å²) in [4.78, 5) is 10.9. The Hall–Kier alpha value is -2.29. The van der Waals surface area contributed by atoms with Crippen molar-refractivity contribution < 1.29 is 14.3 Å². The van der Waals surface area contributed by atoms with Crippen molar-refractivity contribution in [2.24, 2.45) is 0 Å². The Morgan fingerprint density at radius 2 is 1.21 bits per heavy atom. The normalized spacial score (nSPS) is 10.6. The summed E-state index contributed by atoms with van der Waals surface area (Å²) in [5.74, 6) is 1.94. The van der Waals surface area contributed by atoms with Crippen LogP contribution in [0, 0.1) is 0 Å². The quantitative estimate of drug-likeness (QED) is 0.320. The lowest BCUT2D eigenvalue weighted by atomic mass is 10.1. The summed E-state index contributed by atoms with van der Waals surface area (Å²) in [5.41, 5.74) is 1.15. The molecular weight excluding hydrogens is 348 g/mol. The lowest BCUT2D eigenvalue weighted by molar-refractivity contribution is -0.117. The molecule has 152 valence electrons. The third-order valence-corrected chi connectivity index (χ3v) is 4.77. The molecule has 0 N–H and O–H groups in total.